The van der Waals surface area contributed by atoms with E-state index in [0.717, 1.165) is 17.3 Å². The molecule has 4 rings (SSSR count). The number of nitrogens with zero attached hydrogens (tertiary/aromatic N) is 3. The fraction of sp³-hybridized carbons (Fsp3) is 0.0400. The standard InChI is InChI=1S/C25H18N4O5S/c30-22(14-9-17-5-2-1-3-6-17)18-10-12-20(13-11-18)26-23(31)16-35-25-28-27-24(34-25)19-7-4-8-21(15-19)29(32)33/h1-15H,16H2,(H,26,31)/b14-9-. The van der Waals surface area contributed by atoms with Gasteiger partial charge in [-0.25, -0.2) is 0 Å². The number of nitro benzene ring substituents is 1. The number of aromatic nitrogens is 2. The van der Waals surface area contributed by atoms with Gasteiger partial charge in [0.05, 0.1) is 10.7 Å². The monoisotopic (exact) mass is 486 g/mol. The number of rotatable bonds is 9. The molecular formula is C25H18N4O5S. The first-order chi connectivity index (χ1) is 17.0. The Bertz CT molecular complexity index is 1380. The number of nitro groups is 1. The molecule has 1 heterocycles. The number of carbonyl (C=O) groups is 2. The zero-order chi connectivity index (χ0) is 24.6. The fourth-order valence-electron chi connectivity index (χ4n) is 3.01. The Morgan fingerprint density at radius 3 is 2.51 bits per heavy atom. The van der Waals surface area contributed by atoms with Crippen LogP contribution in [0.3, 0.4) is 0 Å². The number of benzene rings is 3. The minimum atomic E-state index is -0.510. The Labute approximate surface area is 204 Å². The van der Waals surface area contributed by atoms with Crippen LogP contribution in [0.25, 0.3) is 17.5 Å². The Morgan fingerprint density at radius 1 is 1.00 bits per heavy atom. The van der Waals surface area contributed by atoms with E-state index in [0.29, 0.717) is 16.8 Å². The molecule has 0 aliphatic heterocycles. The number of hydrogen-bond acceptors (Lipinski definition) is 8. The molecule has 35 heavy (non-hydrogen) atoms. The normalized spacial score (nSPS) is 10.9. The first-order valence-electron chi connectivity index (χ1n) is 10.4. The number of nitrogens with one attached hydrogen (secondary N) is 1. The molecule has 4 aromatic rings. The lowest BCUT2D eigenvalue weighted by Crippen LogP contribution is -2.14. The second kappa shape index (κ2) is 11.0. The van der Waals surface area contributed by atoms with Gasteiger partial charge in [0.15, 0.2) is 5.78 Å². The van der Waals surface area contributed by atoms with Crippen LogP contribution in [-0.2, 0) is 4.79 Å². The van der Waals surface area contributed by atoms with Gasteiger partial charge in [-0.05, 0) is 42.0 Å². The van der Waals surface area contributed by atoms with E-state index >= 15 is 0 Å². The smallest absolute Gasteiger partial charge is 0.277 e. The predicted molar refractivity (Wildman–Crippen MR) is 132 cm³/mol. The third-order valence-corrected chi connectivity index (χ3v) is 5.54. The number of carbonyl (C=O) groups excluding carboxylic acids is 2. The van der Waals surface area contributed by atoms with Gasteiger partial charge in [-0.15, -0.1) is 10.2 Å². The zero-order valence-corrected chi connectivity index (χ0v) is 19.0. The molecule has 1 amide bonds. The quantitative estimate of drug-likeness (QED) is 0.111. The van der Waals surface area contributed by atoms with Gasteiger partial charge in [-0.3, -0.25) is 19.7 Å². The van der Waals surface area contributed by atoms with Gasteiger partial charge in [-0.2, -0.15) is 0 Å². The highest BCUT2D eigenvalue weighted by Crippen LogP contribution is 2.26. The summed E-state index contributed by atoms with van der Waals surface area (Å²) in [5.74, 6) is -0.304. The molecule has 0 atom stereocenters. The number of allylic oxidation sites excluding steroid dienone is 1. The van der Waals surface area contributed by atoms with Crippen LogP contribution in [0.5, 0.6) is 0 Å². The molecule has 0 saturated heterocycles. The lowest BCUT2D eigenvalue weighted by atomic mass is 10.1. The fourth-order valence-corrected chi connectivity index (χ4v) is 3.57. The summed E-state index contributed by atoms with van der Waals surface area (Å²) in [5, 5.41) is 21.6. The largest absolute Gasteiger partial charge is 0.411 e. The number of non-ortho nitro benzene ring substituents is 1. The highest BCUT2D eigenvalue weighted by Gasteiger charge is 2.14. The molecule has 0 aliphatic carbocycles. The summed E-state index contributed by atoms with van der Waals surface area (Å²) >= 11 is 1.04. The average Bonchev–Trinajstić information content (AvgIpc) is 3.36. The van der Waals surface area contributed by atoms with Crippen molar-refractivity contribution >= 4 is 40.9 Å². The van der Waals surface area contributed by atoms with Crippen molar-refractivity contribution in [3.63, 3.8) is 0 Å². The van der Waals surface area contributed by atoms with E-state index in [1.807, 2.05) is 30.3 Å². The van der Waals surface area contributed by atoms with Crippen LogP contribution >= 0.6 is 11.8 Å². The summed E-state index contributed by atoms with van der Waals surface area (Å²) in [7, 11) is 0. The van der Waals surface area contributed by atoms with Crippen molar-refractivity contribution in [1.82, 2.24) is 10.2 Å². The second-order valence-corrected chi connectivity index (χ2v) is 8.13. The number of ketones is 1. The minimum Gasteiger partial charge on any atom is -0.411 e. The molecule has 0 saturated carbocycles. The Kier molecular flexibility index (Phi) is 7.44. The molecular weight excluding hydrogens is 468 g/mol. The third kappa shape index (κ3) is 6.49. The summed E-state index contributed by atoms with van der Waals surface area (Å²) in [6, 6.07) is 21.9. The SMILES string of the molecule is O=C(CSc1nnc(-c2cccc([N+](=O)[O-])c2)o1)Nc1ccc(C(=O)/C=C\c2ccccc2)cc1. The Morgan fingerprint density at radius 2 is 1.77 bits per heavy atom. The van der Waals surface area contributed by atoms with Crippen LogP contribution in [0.1, 0.15) is 15.9 Å². The third-order valence-electron chi connectivity index (χ3n) is 4.72. The number of amides is 1. The van der Waals surface area contributed by atoms with Crippen molar-refractivity contribution in [2.75, 3.05) is 11.1 Å². The number of thioether (sulfide) groups is 1. The molecule has 174 valence electrons. The molecule has 3 aromatic carbocycles. The molecule has 0 radical (unpaired) electrons. The number of anilines is 1. The van der Waals surface area contributed by atoms with Crippen molar-refractivity contribution in [3.8, 4) is 11.5 Å². The van der Waals surface area contributed by atoms with E-state index in [1.165, 1.54) is 24.3 Å². The first kappa shape index (κ1) is 23.6. The van der Waals surface area contributed by atoms with Gasteiger partial charge >= 0.3 is 0 Å². The van der Waals surface area contributed by atoms with Gasteiger partial charge in [0.1, 0.15) is 0 Å². The summed E-state index contributed by atoms with van der Waals surface area (Å²) in [4.78, 5) is 35.0. The highest BCUT2D eigenvalue weighted by molar-refractivity contribution is 7.99. The van der Waals surface area contributed by atoms with Crippen LogP contribution in [-0.4, -0.2) is 32.6 Å². The summed E-state index contributed by atoms with van der Waals surface area (Å²) in [6.07, 6.45) is 3.25. The van der Waals surface area contributed by atoms with Crippen molar-refractivity contribution < 1.29 is 18.9 Å². The zero-order valence-electron chi connectivity index (χ0n) is 18.2. The number of hydrogen-bond donors (Lipinski definition) is 1. The Balaban J connectivity index is 1.29. The molecule has 9 nitrogen and oxygen atoms in total. The maximum absolute atomic E-state index is 12.3. The van der Waals surface area contributed by atoms with Crippen LogP contribution in [0.2, 0.25) is 0 Å². The molecule has 0 aliphatic rings. The van der Waals surface area contributed by atoms with Gasteiger partial charge in [-0.1, -0.05) is 54.2 Å². The first-order valence-corrected chi connectivity index (χ1v) is 11.3. The van der Waals surface area contributed by atoms with Gasteiger partial charge in [0.2, 0.25) is 11.8 Å². The minimum absolute atomic E-state index is 0.0110. The second-order valence-electron chi connectivity index (χ2n) is 7.20. The molecule has 0 unspecified atom stereocenters. The predicted octanol–water partition coefficient (Wildman–Crippen LogP) is 5.27. The maximum Gasteiger partial charge on any atom is 0.277 e. The molecule has 0 spiro atoms. The van der Waals surface area contributed by atoms with Crippen LogP contribution in [0.4, 0.5) is 11.4 Å². The van der Waals surface area contributed by atoms with E-state index in [1.54, 1.807) is 36.4 Å². The summed E-state index contributed by atoms with van der Waals surface area (Å²) in [5.41, 5.74) is 2.30. The van der Waals surface area contributed by atoms with Crippen molar-refractivity contribution in [2.45, 2.75) is 5.22 Å². The van der Waals surface area contributed by atoms with Gasteiger partial charge in [0.25, 0.3) is 10.9 Å². The molecule has 0 fully saturated rings. The summed E-state index contributed by atoms with van der Waals surface area (Å²) in [6.45, 7) is 0. The van der Waals surface area contributed by atoms with E-state index < -0.39 is 4.92 Å². The van der Waals surface area contributed by atoms with Gasteiger partial charge in [0, 0.05) is 28.9 Å². The van der Waals surface area contributed by atoms with Crippen molar-refractivity contribution in [1.29, 1.82) is 0 Å². The lowest BCUT2D eigenvalue weighted by Gasteiger charge is -2.04. The van der Waals surface area contributed by atoms with Crippen LogP contribution in [0.15, 0.2) is 94.6 Å². The summed E-state index contributed by atoms with van der Waals surface area (Å²) < 4.78 is 5.50. The van der Waals surface area contributed by atoms with Crippen LogP contribution in [0, 0.1) is 10.1 Å². The van der Waals surface area contributed by atoms with Crippen molar-refractivity contribution in [3.05, 3.63) is 106 Å². The molecule has 1 N–H and O–H groups in total. The molecule has 0 bridgehead atoms. The van der Waals surface area contributed by atoms with E-state index in [9.17, 15) is 19.7 Å². The van der Waals surface area contributed by atoms with Gasteiger partial charge < -0.3 is 9.73 Å². The lowest BCUT2D eigenvalue weighted by molar-refractivity contribution is -0.384. The Hall–Kier alpha value is -4.57. The van der Waals surface area contributed by atoms with Crippen molar-refractivity contribution in [2.24, 2.45) is 0 Å². The van der Waals surface area contributed by atoms with E-state index in [2.05, 4.69) is 15.5 Å². The maximum atomic E-state index is 12.3. The van der Waals surface area contributed by atoms with E-state index in [-0.39, 0.29) is 34.2 Å². The molecule has 1 aromatic heterocycles. The highest BCUT2D eigenvalue weighted by atomic mass is 32.2. The van der Waals surface area contributed by atoms with E-state index in [4.69, 9.17) is 4.42 Å². The average molecular weight is 487 g/mol. The molecule has 10 heteroatoms. The van der Waals surface area contributed by atoms with Crippen LogP contribution < -0.4 is 5.32 Å². The topological polar surface area (TPSA) is 128 Å².